The summed E-state index contributed by atoms with van der Waals surface area (Å²) in [4.78, 5) is 67.0. The van der Waals surface area contributed by atoms with E-state index in [9.17, 15) is 24.0 Å². The molecule has 0 spiro atoms. The molecule has 164 valence electrons. The van der Waals surface area contributed by atoms with Gasteiger partial charge in [-0.05, 0) is 45.0 Å². The van der Waals surface area contributed by atoms with Crippen molar-refractivity contribution >= 4 is 35.3 Å². The van der Waals surface area contributed by atoms with Crippen LogP contribution >= 0.6 is 0 Å². The number of anilines is 1. The predicted octanol–water partition coefficient (Wildman–Crippen LogP) is 0.0198. The minimum atomic E-state index is -1.10. The van der Waals surface area contributed by atoms with Gasteiger partial charge < -0.3 is 10.5 Å². The van der Waals surface area contributed by atoms with Gasteiger partial charge in [-0.1, -0.05) is 6.07 Å². The molecule has 4 amide bonds. The molecule has 0 aromatic heterocycles. The number of nitrogens with zero attached hydrogens (tertiary/aromatic N) is 3. The molecule has 1 aromatic carbocycles. The van der Waals surface area contributed by atoms with Crippen molar-refractivity contribution in [1.29, 1.82) is 0 Å². The van der Waals surface area contributed by atoms with E-state index >= 15 is 0 Å². The monoisotopic (exact) mass is 428 g/mol. The lowest BCUT2D eigenvalue weighted by Crippen LogP contribution is -2.56. The van der Waals surface area contributed by atoms with Crippen LogP contribution < -0.4 is 5.73 Å². The maximum Gasteiger partial charge on any atom is 0.323 e. The second kappa shape index (κ2) is 8.10. The molecule has 3 aliphatic rings. The maximum absolute atomic E-state index is 13.0. The van der Waals surface area contributed by atoms with Crippen molar-refractivity contribution in [2.24, 2.45) is 0 Å². The molecule has 2 atom stereocenters. The lowest BCUT2D eigenvalue weighted by molar-refractivity contribution is -0.157. The third-order valence-electron chi connectivity index (χ3n) is 6.13. The van der Waals surface area contributed by atoms with Crippen molar-refractivity contribution in [3.8, 4) is 0 Å². The second-order valence-corrected chi connectivity index (χ2v) is 7.99. The van der Waals surface area contributed by atoms with Gasteiger partial charge in [0, 0.05) is 12.1 Å². The summed E-state index contributed by atoms with van der Waals surface area (Å²) in [5.74, 6) is -2.70. The number of hydrogen-bond donors (Lipinski definition) is 1. The summed E-state index contributed by atoms with van der Waals surface area (Å²) in [5.41, 5.74) is 6.25. The molecule has 1 aromatic rings. The standard InChI is InChI=1S/C21H24N4O6/c1-23-9-3-6-15(23)21(30)31-11-10-24-16(26)8-7-14(19(24)28)25-18(27)12-4-2-5-13(22)17(12)20(25)29/h2,4-5,14-15H,3,6-11,22H2,1H3/t14?,15-/m0/s1. The molecule has 0 radical (unpaired) electrons. The van der Waals surface area contributed by atoms with Crippen molar-refractivity contribution in [3.63, 3.8) is 0 Å². The quantitative estimate of drug-likeness (QED) is 0.395. The molecule has 0 bridgehead atoms. The first-order chi connectivity index (χ1) is 14.8. The lowest BCUT2D eigenvalue weighted by Gasteiger charge is -2.34. The van der Waals surface area contributed by atoms with Crippen LogP contribution in [-0.2, 0) is 19.1 Å². The van der Waals surface area contributed by atoms with E-state index in [0.717, 1.165) is 22.8 Å². The molecule has 0 saturated carbocycles. The third kappa shape index (κ3) is 3.56. The number of hydrogen-bond acceptors (Lipinski definition) is 8. The smallest absolute Gasteiger partial charge is 0.323 e. The predicted molar refractivity (Wildman–Crippen MR) is 108 cm³/mol. The van der Waals surface area contributed by atoms with Gasteiger partial charge in [-0.15, -0.1) is 0 Å². The molecule has 10 nitrogen and oxygen atoms in total. The van der Waals surface area contributed by atoms with Crippen molar-refractivity contribution in [1.82, 2.24) is 14.7 Å². The van der Waals surface area contributed by atoms with Crippen LogP contribution in [0.4, 0.5) is 5.69 Å². The number of fused-ring (bicyclic) bond motifs is 1. The van der Waals surface area contributed by atoms with Crippen LogP contribution in [-0.4, -0.2) is 83.1 Å². The Labute approximate surface area is 178 Å². The number of nitrogens with two attached hydrogens (primary N) is 1. The number of likely N-dealkylation sites (tertiary alicyclic amines) is 2. The van der Waals surface area contributed by atoms with Crippen LogP contribution in [0.1, 0.15) is 46.4 Å². The van der Waals surface area contributed by atoms with E-state index in [2.05, 4.69) is 0 Å². The van der Waals surface area contributed by atoms with Crippen LogP contribution in [0.3, 0.4) is 0 Å². The number of imide groups is 2. The molecule has 1 unspecified atom stereocenters. The van der Waals surface area contributed by atoms with Crippen LogP contribution in [0.5, 0.6) is 0 Å². The highest BCUT2D eigenvalue weighted by Gasteiger charge is 2.47. The highest BCUT2D eigenvalue weighted by Crippen LogP contribution is 2.32. The second-order valence-electron chi connectivity index (χ2n) is 7.99. The van der Waals surface area contributed by atoms with Crippen LogP contribution in [0.15, 0.2) is 18.2 Å². The van der Waals surface area contributed by atoms with Gasteiger partial charge >= 0.3 is 5.97 Å². The number of piperidine rings is 1. The number of rotatable bonds is 5. The number of likely N-dealkylation sites (N-methyl/N-ethyl adjacent to an activating group) is 1. The van der Waals surface area contributed by atoms with Gasteiger partial charge in [0.05, 0.1) is 17.7 Å². The van der Waals surface area contributed by atoms with Gasteiger partial charge in [-0.3, -0.25) is 38.7 Å². The molecule has 31 heavy (non-hydrogen) atoms. The van der Waals surface area contributed by atoms with Crippen LogP contribution in [0.25, 0.3) is 0 Å². The normalized spacial score (nSPS) is 24.2. The molecule has 4 rings (SSSR count). The van der Waals surface area contributed by atoms with Gasteiger partial charge in [0.15, 0.2) is 0 Å². The fourth-order valence-electron chi connectivity index (χ4n) is 4.45. The van der Waals surface area contributed by atoms with E-state index in [1.807, 2.05) is 11.9 Å². The Hall–Kier alpha value is -3.27. The summed E-state index contributed by atoms with van der Waals surface area (Å²) in [7, 11) is 1.84. The molecule has 2 fully saturated rings. The number of benzene rings is 1. The van der Waals surface area contributed by atoms with E-state index in [1.165, 1.54) is 12.1 Å². The summed E-state index contributed by atoms with van der Waals surface area (Å²) < 4.78 is 5.27. The summed E-state index contributed by atoms with van der Waals surface area (Å²) in [6, 6.07) is 3.16. The average molecular weight is 428 g/mol. The molecule has 10 heteroatoms. The van der Waals surface area contributed by atoms with Gasteiger partial charge in [0.2, 0.25) is 5.91 Å². The lowest BCUT2D eigenvalue weighted by atomic mass is 10.0. The van der Waals surface area contributed by atoms with Gasteiger partial charge in [-0.25, -0.2) is 0 Å². The number of amides is 4. The Morgan fingerprint density at radius 1 is 1.16 bits per heavy atom. The van der Waals surface area contributed by atoms with Gasteiger partial charge in [0.25, 0.3) is 17.7 Å². The Kier molecular flexibility index (Phi) is 5.48. The number of esters is 1. The van der Waals surface area contributed by atoms with Crippen LogP contribution in [0, 0.1) is 0 Å². The summed E-state index contributed by atoms with van der Waals surface area (Å²) in [6.45, 7) is 0.555. The Morgan fingerprint density at radius 2 is 1.94 bits per heavy atom. The largest absolute Gasteiger partial charge is 0.463 e. The zero-order valence-corrected chi connectivity index (χ0v) is 17.2. The maximum atomic E-state index is 13.0. The number of nitrogen functional groups attached to an aromatic ring is 1. The minimum absolute atomic E-state index is 0.00139. The van der Waals surface area contributed by atoms with Crippen molar-refractivity contribution in [3.05, 3.63) is 29.3 Å². The molecule has 3 heterocycles. The number of ether oxygens (including phenoxy) is 1. The first-order valence-corrected chi connectivity index (χ1v) is 10.3. The van der Waals surface area contributed by atoms with E-state index in [1.54, 1.807) is 6.07 Å². The highest BCUT2D eigenvalue weighted by molar-refractivity contribution is 6.25. The molecule has 2 saturated heterocycles. The minimum Gasteiger partial charge on any atom is -0.463 e. The highest BCUT2D eigenvalue weighted by atomic mass is 16.5. The molecular weight excluding hydrogens is 404 g/mol. The van der Waals surface area contributed by atoms with Crippen LogP contribution in [0.2, 0.25) is 0 Å². The first-order valence-electron chi connectivity index (χ1n) is 10.3. The zero-order chi connectivity index (χ0) is 22.3. The summed E-state index contributed by atoms with van der Waals surface area (Å²) in [5, 5.41) is 0. The van der Waals surface area contributed by atoms with E-state index in [0.29, 0.717) is 6.42 Å². The number of carbonyl (C=O) groups excluding carboxylic acids is 5. The molecular formula is C21H24N4O6. The Bertz CT molecular complexity index is 977. The van der Waals surface area contributed by atoms with E-state index in [-0.39, 0.29) is 54.8 Å². The molecule has 2 N–H and O–H groups in total. The third-order valence-corrected chi connectivity index (χ3v) is 6.13. The summed E-state index contributed by atoms with van der Waals surface area (Å²) >= 11 is 0. The van der Waals surface area contributed by atoms with Crippen molar-refractivity contribution in [2.75, 3.05) is 32.5 Å². The summed E-state index contributed by atoms with van der Waals surface area (Å²) in [6.07, 6.45) is 1.67. The first kappa shape index (κ1) is 21.0. The van der Waals surface area contributed by atoms with Crippen molar-refractivity contribution in [2.45, 2.75) is 37.8 Å². The van der Waals surface area contributed by atoms with Gasteiger partial charge in [-0.2, -0.15) is 0 Å². The van der Waals surface area contributed by atoms with E-state index < -0.39 is 29.7 Å². The van der Waals surface area contributed by atoms with Crippen molar-refractivity contribution < 1.29 is 28.7 Å². The SMILES string of the molecule is CN1CCC[C@H]1C(=O)OCCN1C(=O)CCC(N2C(=O)c3cccc(N)c3C2=O)C1=O. The van der Waals surface area contributed by atoms with Gasteiger partial charge in [0.1, 0.15) is 18.7 Å². The van der Waals surface area contributed by atoms with E-state index in [4.69, 9.17) is 10.5 Å². The molecule has 0 aliphatic carbocycles. The fraction of sp³-hybridized carbons (Fsp3) is 0.476. The zero-order valence-electron chi connectivity index (χ0n) is 17.2. The Balaban J connectivity index is 1.43. The Morgan fingerprint density at radius 3 is 2.61 bits per heavy atom. The average Bonchev–Trinajstić information content (AvgIpc) is 3.27. The number of carbonyl (C=O) groups is 5. The fourth-order valence-corrected chi connectivity index (χ4v) is 4.45. The molecule has 3 aliphatic heterocycles. The topological polar surface area (TPSA) is 130 Å².